The first-order valence-corrected chi connectivity index (χ1v) is 10.5. The molecule has 1 aromatic heterocycles. The van der Waals surface area contributed by atoms with Crippen molar-refractivity contribution in [2.75, 3.05) is 7.05 Å². The summed E-state index contributed by atoms with van der Waals surface area (Å²) in [5, 5.41) is 1.54. The fraction of sp³-hybridized carbons (Fsp3) is 0.250. The van der Waals surface area contributed by atoms with E-state index in [0.29, 0.717) is 22.6 Å². The molecule has 1 aliphatic heterocycles. The van der Waals surface area contributed by atoms with Gasteiger partial charge in [-0.1, -0.05) is 31.6 Å². The predicted octanol–water partition coefficient (Wildman–Crippen LogP) is 5.46. The Hall–Kier alpha value is -2.14. The van der Waals surface area contributed by atoms with Gasteiger partial charge in [0.1, 0.15) is 10.4 Å². The summed E-state index contributed by atoms with van der Waals surface area (Å²) in [6.45, 7) is 1.69. The maximum absolute atomic E-state index is 13.1. The molecule has 0 bridgehead atoms. The quantitative estimate of drug-likeness (QED) is 0.664. The molecule has 1 amide bonds. The third-order valence-corrected chi connectivity index (χ3v) is 6.65. The van der Waals surface area contributed by atoms with Crippen molar-refractivity contribution in [3.63, 3.8) is 0 Å². The smallest absolute Gasteiger partial charge is 0.310 e. The molecule has 2 N–H and O–H groups in total. The molecule has 0 fully saturated rings. The Bertz CT molecular complexity index is 971. The van der Waals surface area contributed by atoms with Crippen molar-refractivity contribution in [2.24, 2.45) is 10.7 Å². The fourth-order valence-electron chi connectivity index (χ4n) is 2.74. The summed E-state index contributed by atoms with van der Waals surface area (Å²) in [6, 6.07) is 4.60. The van der Waals surface area contributed by atoms with E-state index in [4.69, 9.17) is 5.73 Å². The second-order valence-corrected chi connectivity index (χ2v) is 9.89. The van der Waals surface area contributed by atoms with Gasteiger partial charge in [-0.25, -0.2) is 4.99 Å². The van der Waals surface area contributed by atoms with Crippen LogP contribution in [0.25, 0.3) is 11.1 Å². The van der Waals surface area contributed by atoms with E-state index in [9.17, 15) is 24.2 Å². The molecule has 0 radical (unpaired) electrons. The summed E-state index contributed by atoms with van der Waals surface area (Å²) >= 11 is 1.17. The zero-order valence-corrected chi connectivity index (χ0v) is 15.9. The highest BCUT2D eigenvalue weighted by Crippen LogP contribution is 3.02. The Labute approximate surface area is 156 Å². The number of nitrogens with zero attached hydrogens (tertiary/aromatic N) is 2. The fourth-order valence-corrected chi connectivity index (χ4v) is 4.45. The minimum absolute atomic E-state index is 0.00283. The number of aliphatic imine (C=N–C) groups is 1. The minimum atomic E-state index is -9.76. The maximum Gasteiger partial charge on any atom is 0.310 e. The molecule has 0 saturated heterocycles. The van der Waals surface area contributed by atoms with E-state index in [1.165, 1.54) is 29.4 Å². The van der Waals surface area contributed by atoms with E-state index in [0.717, 1.165) is 6.07 Å². The number of hydrogen-bond acceptors (Lipinski definition) is 4. The topological polar surface area (TPSA) is 58.7 Å². The van der Waals surface area contributed by atoms with Gasteiger partial charge in [0.2, 0.25) is 5.91 Å². The third-order valence-electron chi connectivity index (χ3n) is 4.32. The number of hydrogen-bond donors (Lipinski definition) is 1. The van der Waals surface area contributed by atoms with Gasteiger partial charge in [0.25, 0.3) is 0 Å². The van der Waals surface area contributed by atoms with Gasteiger partial charge in [0, 0.05) is 11.9 Å². The Morgan fingerprint density at radius 2 is 1.85 bits per heavy atom. The van der Waals surface area contributed by atoms with Crippen LogP contribution in [-0.4, -0.2) is 23.8 Å². The molecule has 0 spiro atoms. The van der Waals surface area contributed by atoms with Crippen LogP contribution in [0.2, 0.25) is 0 Å². The molecule has 4 nitrogen and oxygen atoms in total. The van der Waals surface area contributed by atoms with E-state index >= 15 is 0 Å². The van der Waals surface area contributed by atoms with Crippen LogP contribution < -0.4 is 5.73 Å². The van der Waals surface area contributed by atoms with Crippen molar-refractivity contribution >= 4 is 33.4 Å². The van der Waals surface area contributed by atoms with E-state index in [1.807, 2.05) is 0 Å². The van der Waals surface area contributed by atoms with Gasteiger partial charge in [0.15, 0.2) is 5.96 Å². The van der Waals surface area contributed by atoms with Gasteiger partial charge in [-0.2, -0.15) is 0 Å². The predicted molar refractivity (Wildman–Crippen MR) is 97.5 cm³/mol. The average Bonchev–Trinajstić information content (AvgIpc) is 3.01. The highest BCUT2D eigenvalue weighted by molar-refractivity contribution is 8.45. The lowest BCUT2D eigenvalue weighted by Crippen LogP contribution is -2.47. The Morgan fingerprint density at radius 3 is 2.44 bits per heavy atom. The number of benzene rings is 1. The maximum atomic E-state index is 13.1. The number of nitrogens with two attached hydrogens (primary N) is 1. The average molecular weight is 425 g/mol. The van der Waals surface area contributed by atoms with Gasteiger partial charge >= 0.3 is 10.2 Å². The molecule has 1 unspecified atom stereocenters. The van der Waals surface area contributed by atoms with Gasteiger partial charge in [-0.05, 0) is 41.6 Å². The number of carbonyl (C=O) groups excluding carboxylic acids is 1. The third kappa shape index (κ3) is 3.79. The molecule has 2 aromatic rings. The summed E-state index contributed by atoms with van der Waals surface area (Å²) in [5.41, 5.74) is 5.12. The molecule has 148 valence electrons. The van der Waals surface area contributed by atoms with Crippen LogP contribution in [0.4, 0.5) is 19.4 Å². The summed E-state index contributed by atoms with van der Waals surface area (Å²) in [6.07, 6.45) is 0.0374. The molecule has 2 heterocycles. The SMILES string of the molecule is CN1C(=O)CC(C)(c2cc(-c3cccc(S(F)(F)(F)(F)F)c3)cs2)N=C1N. The van der Waals surface area contributed by atoms with Crippen LogP contribution in [-0.2, 0) is 10.3 Å². The van der Waals surface area contributed by atoms with E-state index in [2.05, 4.69) is 4.99 Å². The highest BCUT2D eigenvalue weighted by Gasteiger charge is 2.65. The van der Waals surface area contributed by atoms with Crippen LogP contribution >= 0.6 is 21.6 Å². The van der Waals surface area contributed by atoms with Crippen LogP contribution in [0.3, 0.4) is 0 Å². The molecule has 11 heteroatoms. The first kappa shape index (κ1) is 19.6. The van der Waals surface area contributed by atoms with E-state index in [1.54, 1.807) is 18.4 Å². The number of thiophene rings is 1. The largest absolute Gasteiger partial charge is 0.369 e. The van der Waals surface area contributed by atoms with Gasteiger partial charge in [-0.3, -0.25) is 9.69 Å². The monoisotopic (exact) mass is 425 g/mol. The van der Waals surface area contributed by atoms with E-state index < -0.39 is 20.7 Å². The lowest BCUT2D eigenvalue weighted by atomic mass is 9.93. The molecule has 27 heavy (non-hydrogen) atoms. The molecule has 1 aliphatic rings. The van der Waals surface area contributed by atoms with Gasteiger partial charge < -0.3 is 5.73 Å². The van der Waals surface area contributed by atoms with Gasteiger partial charge in [0.05, 0.1) is 6.42 Å². The first-order valence-electron chi connectivity index (χ1n) is 7.64. The normalized spacial score (nSPS) is 23.6. The van der Waals surface area contributed by atoms with Crippen molar-refractivity contribution in [3.8, 4) is 11.1 Å². The van der Waals surface area contributed by atoms with Crippen LogP contribution in [0, 0.1) is 0 Å². The summed E-state index contributed by atoms with van der Waals surface area (Å²) < 4.78 is 65.3. The Balaban J connectivity index is 2.02. The summed E-state index contributed by atoms with van der Waals surface area (Å²) in [5.74, 6) is -0.213. The zero-order valence-electron chi connectivity index (χ0n) is 14.3. The molecule has 1 aromatic carbocycles. The van der Waals surface area contributed by atoms with Crippen molar-refractivity contribution in [1.29, 1.82) is 0 Å². The van der Waals surface area contributed by atoms with Crippen molar-refractivity contribution in [2.45, 2.75) is 23.8 Å². The second-order valence-electron chi connectivity index (χ2n) is 6.57. The molecule has 1 atom stereocenters. The number of halogens is 5. The first-order chi connectivity index (χ1) is 12.1. The Kier molecular flexibility index (Phi) is 3.79. The number of amides is 1. The van der Waals surface area contributed by atoms with Crippen LogP contribution in [0.5, 0.6) is 0 Å². The summed E-state index contributed by atoms with van der Waals surface area (Å²) in [4.78, 5) is 16.3. The number of rotatable bonds is 3. The molecule has 3 rings (SSSR count). The highest BCUT2D eigenvalue weighted by atomic mass is 32.5. The molecular formula is C16H16F5N3OS2. The summed E-state index contributed by atoms with van der Waals surface area (Å²) in [7, 11) is -8.27. The van der Waals surface area contributed by atoms with Crippen molar-refractivity contribution in [1.82, 2.24) is 4.90 Å². The lowest BCUT2D eigenvalue weighted by Gasteiger charge is -2.40. The number of guanidine groups is 1. The van der Waals surface area contributed by atoms with Gasteiger partial charge in [-0.15, -0.1) is 11.3 Å². The van der Waals surface area contributed by atoms with Crippen LogP contribution in [0.15, 0.2) is 45.6 Å². The molecule has 0 saturated carbocycles. The molecule has 0 aliphatic carbocycles. The molecular weight excluding hydrogens is 409 g/mol. The Morgan fingerprint density at radius 1 is 1.19 bits per heavy atom. The second kappa shape index (κ2) is 5.22. The minimum Gasteiger partial charge on any atom is -0.369 e. The zero-order chi connectivity index (χ0) is 20.3. The standard InChI is InChI=1S/C16H16F5N3OS2/c1-16(8-14(25)24(2)15(22)23-16)13-7-11(9-26-13)10-4-3-5-12(6-10)27(17,18,19,20)21/h3-7,9H,8H2,1-2H3,(H2,22,23). The number of carbonyl (C=O) groups is 1. The van der Waals surface area contributed by atoms with E-state index in [-0.39, 0.29) is 23.9 Å². The van der Waals surface area contributed by atoms with Crippen molar-refractivity contribution < 1.29 is 24.2 Å². The van der Waals surface area contributed by atoms with Crippen molar-refractivity contribution in [3.05, 3.63) is 40.6 Å². The lowest BCUT2D eigenvalue weighted by molar-refractivity contribution is -0.128. The van der Waals surface area contributed by atoms with Crippen LogP contribution in [0.1, 0.15) is 18.2 Å².